The van der Waals surface area contributed by atoms with E-state index < -0.39 is 0 Å². The van der Waals surface area contributed by atoms with Gasteiger partial charge in [-0.2, -0.15) is 0 Å². The summed E-state index contributed by atoms with van der Waals surface area (Å²) in [6.07, 6.45) is 2.38. The zero-order valence-electron chi connectivity index (χ0n) is 14.3. The third-order valence-corrected chi connectivity index (χ3v) is 3.08. The zero-order chi connectivity index (χ0) is 16.6. The number of rotatable bonds is 8. The summed E-state index contributed by atoms with van der Waals surface area (Å²) in [6.45, 7) is 11.1. The molecule has 0 bridgehead atoms. The Labute approximate surface area is 134 Å². The monoisotopic (exact) mass is 304 g/mol. The minimum Gasteiger partial charge on any atom is -0.369 e. The number of allylic oxidation sites excluding steroid dienone is 1. The first-order chi connectivity index (χ1) is 10.3. The van der Waals surface area contributed by atoms with Gasteiger partial charge in [0.15, 0.2) is 0 Å². The molecule has 0 atom stereocenters. The highest BCUT2D eigenvalue weighted by Crippen LogP contribution is 2.12. The predicted molar refractivity (Wildman–Crippen MR) is 89.9 cm³/mol. The van der Waals surface area contributed by atoms with Gasteiger partial charge in [0.1, 0.15) is 5.78 Å². The standard InChI is InChI=1S/C18H28N2O2/c1-15(13-19-22-18(3,4)5)20(12-11-16(2)21)14-17-9-7-6-8-10-17/h6-10,13,19H,11-12,14H2,1-5H3. The topological polar surface area (TPSA) is 41.6 Å². The van der Waals surface area contributed by atoms with Crippen molar-refractivity contribution in [3.05, 3.63) is 47.8 Å². The van der Waals surface area contributed by atoms with Crippen LogP contribution in [0.5, 0.6) is 0 Å². The van der Waals surface area contributed by atoms with Crippen LogP contribution in [0.4, 0.5) is 0 Å². The molecule has 0 spiro atoms. The molecule has 0 radical (unpaired) electrons. The van der Waals surface area contributed by atoms with Crippen molar-refractivity contribution in [3.63, 3.8) is 0 Å². The van der Waals surface area contributed by atoms with Crippen LogP contribution in [0.15, 0.2) is 42.2 Å². The van der Waals surface area contributed by atoms with Crippen molar-refractivity contribution >= 4 is 5.78 Å². The number of hydrogen-bond acceptors (Lipinski definition) is 4. The molecule has 4 heteroatoms. The molecule has 22 heavy (non-hydrogen) atoms. The van der Waals surface area contributed by atoms with Crippen LogP contribution in [0, 0.1) is 0 Å². The van der Waals surface area contributed by atoms with Gasteiger partial charge in [0.05, 0.1) is 5.60 Å². The van der Waals surface area contributed by atoms with Crippen LogP contribution >= 0.6 is 0 Å². The second-order valence-corrected chi connectivity index (χ2v) is 6.48. The van der Waals surface area contributed by atoms with E-state index in [1.54, 1.807) is 6.92 Å². The summed E-state index contributed by atoms with van der Waals surface area (Å²) in [6, 6.07) is 10.2. The Bertz CT molecular complexity index is 490. The zero-order valence-corrected chi connectivity index (χ0v) is 14.3. The van der Waals surface area contributed by atoms with Crippen molar-refractivity contribution in [1.82, 2.24) is 10.4 Å². The first kappa shape index (κ1) is 18.2. The number of nitrogens with one attached hydrogen (secondary N) is 1. The fraction of sp³-hybridized carbons (Fsp3) is 0.500. The van der Waals surface area contributed by atoms with E-state index in [0.29, 0.717) is 13.0 Å². The lowest BCUT2D eigenvalue weighted by Crippen LogP contribution is -2.29. The molecule has 1 N–H and O–H groups in total. The van der Waals surface area contributed by atoms with E-state index in [-0.39, 0.29) is 11.4 Å². The summed E-state index contributed by atoms with van der Waals surface area (Å²) in [5.41, 5.74) is 4.90. The number of hydrogen-bond donors (Lipinski definition) is 1. The van der Waals surface area contributed by atoms with Gasteiger partial charge in [0.25, 0.3) is 0 Å². The highest BCUT2D eigenvalue weighted by atomic mass is 16.7. The molecule has 0 unspecified atom stereocenters. The van der Waals surface area contributed by atoms with Gasteiger partial charge in [0, 0.05) is 31.4 Å². The van der Waals surface area contributed by atoms with Gasteiger partial charge in [-0.15, -0.1) is 0 Å². The van der Waals surface area contributed by atoms with E-state index in [4.69, 9.17) is 4.84 Å². The Kier molecular flexibility index (Phi) is 7.12. The summed E-state index contributed by atoms with van der Waals surface area (Å²) in [5, 5.41) is 0. The van der Waals surface area contributed by atoms with Crippen LogP contribution in [0.1, 0.15) is 46.6 Å². The molecule has 1 aromatic carbocycles. The molecular weight excluding hydrogens is 276 g/mol. The minimum atomic E-state index is -0.250. The molecule has 0 aliphatic heterocycles. The number of nitrogens with zero attached hydrogens (tertiary/aromatic N) is 1. The molecular formula is C18H28N2O2. The highest BCUT2D eigenvalue weighted by molar-refractivity contribution is 5.75. The van der Waals surface area contributed by atoms with Crippen LogP contribution in [-0.4, -0.2) is 22.8 Å². The Hall–Kier alpha value is -1.81. The van der Waals surface area contributed by atoms with Gasteiger partial charge in [-0.3, -0.25) is 15.1 Å². The molecule has 4 nitrogen and oxygen atoms in total. The van der Waals surface area contributed by atoms with Gasteiger partial charge in [-0.1, -0.05) is 30.3 Å². The summed E-state index contributed by atoms with van der Waals surface area (Å²) >= 11 is 0. The summed E-state index contributed by atoms with van der Waals surface area (Å²) < 4.78 is 0. The normalized spacial score (nSPS) is 12.1. The molecule has 0 fully saturated rings. The minimum absolute atomic E-state index is 0.199. The van der Waals surface area contributed by atoms with E-state index in [1.807, 2.05) is 52.1 Å². The number of carbonyl (C=O) groups excluding carboxylic acids is 1. The van der Waals surface area contributed by atoms with Gasteiger partial charge >= 0.3 is 0 Å². The van der Waals surface area contributed by atoms with Gasteiger partial charge in [0.2, 0.25) is 0 Å². The van der Waals surface area contributed by atoms with E-state index in [0.717, 1.165) is 12.2 Å². The number of ketones is 1. The lowest BCUT2D eigenvalue weighted by molar-refractivity contribution is -0.117. The number of hydroxylamine groups is 1. The fourth-order valence-electron chi connectivity index (χ4n) is 1.86. The fourth-order valence-corrected chi connectivity index (χ4v) is 1.86. The molecule has 0 amide bonds. The third kappa shape index (κ3) is 7.84. The van der Waals surface area contributed by atoms with Gasteiger partial charge in [-0.25, -0.2) is 0 Å². The van der Waals surface area contributed by atoms with Crippen LogP contribution in [0.25, 0.3) is 0 Å². The first-order valence-corrected chi connectivity index (χ1v) is 7.66. The Morgan fingerprint density at radius 3 is 2.41 bits per heavy atom. The highest BCUT2D eigenvalue weighted by Gasteiger charge is 2.11. The average molecular weight is 304 g/mol. The number of benzene rings is 1. The van der Waals surface area contributed by atoms with Crippen molar-refractivity contribution in [2.75, 3.05) is 6.54 Å². The largest absolute Gasteiger partial charge is 0.369 e. The molecule has 1 rings (SSSR count). The number of Topliss-reactive ketones (excluding diaryl/α,β-unsaturated/α-hetero) is 1. The van der Waals surface area contributed by atoms with Crippen molar-refractivity contribution in [2.24, 2.45) is 0 Å². The Morgan fingerprint density at radius 2 is 1.86 bits per heavy atom. The smallest absolute Gasteiger partial charge is 0.131 e. The molecule has 0 saturated carbocycles. The van der Waals surface area contributed by atoms with Crippen molar-refractivity contribution < 1.29 is 9.63 Å². The molecule has 0 aliphatic rings. The molecule has 0 aliphatic carbocycles. The molecule has 0 saturated heterocycles. The second-order valence-electron chi connectivity index (χ2n) is 6.48. The quantitative estimate of drug-likeness (QED) is 0.744. The van der Waals surface area contributed by atoms with Crippen LogP contribution in [0.3, 0.4) is 0 Å². The van der Waals surface area contributed by atoms with Crippen molar-refractivity contribution in [2.45, 2.75) is 53.2 Å². The van der Waals surface area contributed by atoms with E-state index >= 15 is 0 Å². The SMILES string of the molecule is CC(=O)CCN(Cc1ccccc1)C(C)=CNOC(C)(C)C. The third-order valence-electron chi connectivity index (χ3n) is 3.08. The molecule has 1 aromatic rings. The van der Waals surface area contributed by atoms with Crippen molar-refractivity contribution in [3.8, 4) is 0 Å². The second kappa shape index (κ2) is 8.59. The van der Waals surface area contributed by atoms with Crippen molar-refractivity contribution in [1.29, 1.82) is 0 Å². The maximum Gasteiger partial charge on any atom is 0.131 e. The van der Waals surface area contributed by atoms with Crippen LogP contribution < -0.4 is 5.48 Å². The van der Waals surface area contributed by atoms with Crippen LogP contribution in [0.2, 0.25) is 0 Å². The average Bonchev–Trinajstić information content (AvgIpc) is 2.42. The summed E-state index contributed by atoms with van der Waals surface area (Å²) in [5.74, 6) is 0.199. The molecule has 0 heterocycles. The van der Waals surface area contributed by atoms with Gasteiger partial charge in [-0.05, 0) is 40.2 Å². The van der Waals surface area contributed by atoms with E-state index in [9.17, 15) is 4.79 Å². The van der Waals surface area contributed by atoms with E-state index in [1.165, 1.54) is 5.56 Å². The van der Waals surface area contributed by atoms with E-state index in [2.05, 4.69) is 22.5 Å². The van der Waals surface area contributed by atoms with Gasteiger partial charge < -0.3 is 4.90 Å². The molecule has 122 valence electrons. The maximum atomic E-state index is 11.3. The summed E-state index contributed by atoms with van der Waals surface area (Å²) in [4.78, 5) is 19.0. The number of carbonyl (C=O) groups is 1. The summed E-state index contributed by atoms with van der Waals surface area (Å²) in [7, 11) is 0. The maximum absolute atomic E-state index is 11.3. The lowest BCUT2D eigenvalue weighted by atomic mass is 10.2. The Morgan fingerprint density at radius 1 is 1.23 bits per heavy atom. The lowest BCUT2D eigenvalue weighted by Gasteiger charge is -2.26. The molecule has 0 aromatic heterocycles. The predicted octanol–water partition coefficient (Wildman–Crippen LogP) is 3.65. The Balaban J connectivity index is 2.71. The van der Waals surface area contributed by atoms with Crippen LogP contribution in [-0.2, 0) is 16.2 Å². The first-order valence-electron chi connectivity index (χ1n) is 7.66.